The topological polar surface area (TPSA) is 75.3 Å². The van der Waals surface area contributed by atoms with Crippen molar-refractivity contribution in [3.05, 3.63) is 89.0 Å². The predicted octanol–water partition coefficient (Wildman–Crippen LogP) is 2.98. The molecule has 3 aromatic rings. The van der Waals surface area contributed by atoms with Crippen LogP contribution in [0.1, 0.15) is 43.6 Å². The lowest BCUT2D eigenvalue weighted by atomic mass is 9.90. The lowest BCUT2D eigenvalue weighted by molar-refractivity contribution is 0.0599. The number of hydrogen-bond donors (Lipinski definition) is 1. The van der Waals surface area contributed by atoms with Crippen LogP contribution in [0.15, 0.2) is 60.9 Å². The molecule has 0 radical (unpaired) electrons. The Morgan fingerprint density at radius 3 is 2.48 bits per heavy atom. The second-order valence-corrected chi connectivity index (χ2v) is 6.48. The number of esters is 1. The highest BCUT2D eigenvalue weighted by atomic mass is 16.5. The predicted molar refractivity (Wildman–Crippen MR) is 99.4 cm³/mol. The van der Waals surface area contributed by atoms with Gasteiger partial charge in [-0.15, -0.1) is 0 Å². The van der Waals surface area contributed by atoms with Gasteiger partial charge < -0.3 is 14.6 Å². The van der Waals surface area contributed by atoms with E-state index in [4.69, 9.17) is 4.74 Å². The highest BCUT2D eigenvalue weighted by molar-refractivity contribution is 5.96. The zero-order valence-corrected chi connectivity index (χ0v) is 14.9. The highest BCUT2D eigenvalue weighted by Crippen LogP contribution is 2.32. The SMILES string of the molecule is COC(=O)c1ccc(C(=O)N2Cc3[nH]cnc3C(c3ccccc3)C2)cc1. The molecule has 2 aromatic carbocycles. The fourth-order valence-corrected chi connectivity index (χ4v) is 3.47. The number of aromatic nitrogens is 2. The summed E-state index contributed by atoms with van der Waals surface area (Å²) in [6.07, 6.45) is 1.68. The Hall–Kier alpha value is -3.41. The molecule has 1 aliphatic rings. The molecule has 136 valence electrons. The van der Waals surface area contributed by atoms with E-state index in [2.05, 4.69) is 22.1 Å². The summed E-state index contributed by atoms with van der Waals surface area (Å²) in [5.41, 5.74) is 4.04. The maximum absolute atomic E-state index is 13.0. The van der Waals surface area contributed by atoms with Gasteiger partial charge in [0.1, 0.15) is 0 Å². The van der Waals surface area contributed by atoms with Crippen molar-refractivity contribution in [3.63, 3.8) is 0 Å². The third-order valence-corrected chi connectivity index (χ3v) is 4.88. The van der Waals surface area contributed by atoms with Crippen LogP contribution in [0.5, 0.6) is 0 Å². The number of aromatic amines is 1. The first-order valence-corrected chi connectivity index (χ1v) is 8.72. The zero-order chi connectivity index (χ0) is 18.8. The van der Waals surface area contributed by atoms with E-state index in [1.54, 1.807) is 30.6 Å². The van der Waals surface area contributed by atoms with Crippen molar-refractivity contribution in [3.8, 4) is 0 Å². The van der Waals surface area contributed by atoms with Gasteiger partial charge in [0.2, 0.25) is 0 Å². The van der Waals surface area contributed by atoms with Crippen LogP contribution >= 0.6 is 0 Å². The van der Waals surface area contributed by atoms with Gasteiger partial charge in [0.05, 0.1) is 36.9 Å². The Kier molecular flexibility index (Phi) is 4.46. The number of methoxy groups -OCH3 is 1. The van der Waals surface area contributed by atoms with Gasteiger partial charge in [-0.3, -0.25) is 4.79 Å². The van der Waals surface area contributed by atoms with Gasteiger partial charge in [0.15, 0.2) is 0 Å². The minimum Gasteiger partial charge on any atom is -0.465 e. The summed E-state index contributed by atoms with van der Waals surface area (Å²) in [5, 5.41) is 0. The molecule has 1 amide bonds. The fraction of sp³-hybridized carbons (Fsp3) is 0.190. The summed E-state index contributed by atoms with van der Waals surface area (Å²) in [6, 6.07) is 16.6. The number of ether oxygens (including phenoxy) is 1. The van der Waals surface area contributed by atoms with Crippen molar-refractivity contribution in [2.24, 2.45) is 0 Å². The van der Waals surface area contributed by atoms with Gasteiger partial charge in [-0.2, -0.15) is 0 Å². The average molecular weight is 361 g/mol. The van der Waals surface area contributed by atoms with Crippen molar-refractivity contribution in [1.29, 1.82) is 0 Å². The van der Waals surface area contributed by atoms with Crippen molar-refractivity contribution < 1.29 is 14.3 Å². The molecule has 27 heavy (non-hydrogen) atoms. The molecular formula is C21H19N3O3. The first-order valence-electron chi connectivity index (χ1n) is 8.72. The van der Waals surface area contributed by atoms with Crippen LogP contribution in [0.4, 0.5) is 0 Å². The van der Waals surface area contributed by atoms with Crippen LogP contribution in [0, 0.1) is 0 Å². The summed E-state index contributed by atoms with van der Waals surface area (Å²) < 4.78 is 4.70. The molecule has 1 N–H and O–H groups in total. The number of benzene rings is 2. The minimum absolute atomic E-state index is 0.0273. The lowest BCUT2D eigenvalue weighted by Crippen LogP contribution is -2.38. The summed E-state index contributed by atoms with van der Waals surface area (Å²) in [6.45, 7) is 1.04. The van der Waals surface area contributed by atoms with Crippen LogP contribution in [0.3, 0.4) is 0 Å². The molecule has 0 saturated heterocycles. The number of imidazole rings is 1. The molecular weight excluding hydrogens is 342 g/mol. The number of carbonyl (C=O) groups is 2. The average Bonchev–Trinajstić information content (AvgIpc) is 3.21. The number of nitrogens with zero attached hydrogens (tertiary/aromatic N) is 2. The molecule has 0 aliphatic carbocycles. The first kappa shape index (κ1) is 17.0. The zero-order valence-electron chi connectivity index (χ0n) is 14.9. The van der Waals surface area contributed by atoms with E-state index in [0.717, 1.165) is 17.0 Å². The van der Waals surface area contributed by atoms with Gasteiger partial charge in [-0.25, -0.2) is 9.78 Å². The molecule has 2 heterocycles. The number of rotatable bonds is 3. The van der Waals surface area contributed by atoms with Crippen molar-refractivity contribution in [2.45, 2.75) is 12.5 Å². The normalized spacial score (nSPS) is 15.9. The number of carbonyl (C=O) groups excluding carboxylic acids is 2. The molecule has 1 aromatic heterocycles. The summed E-state index contributed by atoms with van der Waals surface area (Å²) in [7, 11) is 1.33. The molecule has 6 nitrogen and oxygen atoms in total. The van der Waals surface area contributed by atoms with E-state index >= 15 is 0 Å². The molecule has 0 saturated carbocycles. The van der Waals surface area contributed by atoms with Gasteiger partial charge >= 0.3 is 5.97 Å². The number of amides is 1. The Bertz CT molecular complexity index is 964. The number of hydrogen-bond acceptors (Lipinski definition) is 4. The van der Waals surface area contributed by atoms with E-state index in [1.165, 1.54) is 7.11 Å². The van der Waals surface area contributed by atoms with Crippen LogP contribution in [-0.4, -0.2) is 40.4 Å². The van der Waals surface area contributed by atoms with E-state index in [9.17, 15) is 9.59 Å². The smallest absolute Gasteiger partial charge is 0.337 e. The molecule has 6 heteroatoms. The Morgan fingerprint density at radius 1 is 1.07 bits per heavy atom. The number of fused-ring (bicyclic) bond motifs is 1. The Labute approximate surface area is 156 Å². The van der Waals surface area contributed by atoms with Crippen molar-refractivity contribution in [1.82, 2.24) is 14.9 Å². The van der Waals surface area contributed by atoms with E-state index in [-0.39, 0.29) is 11.8 Å². The van der Waals surface area contributed by atoms with Crippen LogP contribution < -0.4 is 0 Å². The maximum Gasteiger partial charge on any atom is 0.337 e. The molecule has 0 spiro atoms. The van der Waals surface area contributed by atoms with Crippen molar-refractivity contribution in [2.75, 3.05) is 13.7 Å². The third-order valence-electron chi connectivity index (χ3n) is 4.88. The molecule has 1 unspecified atom stereocenters. The molecule has 4 rings (SSSR count). The van der Waals surface area contributed by atoms with E-state index in [0.29, 0.717) is 24.2 Å². The second-order valence-electron chi connectivity index (χ2n) is 6.48. The van der Waals surface area contributed by atoms with E-state index < -0.39 is 5.97 Å². The Morgan fingerprint density at radius 2 is 1.78 bits per heavy atom. The third kappa shape index (κ3) is 3.21. The molecule has 0 fully saturated rings. The number of H-pyrrole nitrogens is 1. The van der Waals surface area contributed by atoms with Crippen LogP contribution in [0.25, 0.3) is 0 Å². The van der Waals surface area contributed by atoms with Crippen LogP contribution in [-0.2, 0) is 11.3 Å². The fourth-order valence-electron chi connectivity index (χ4n) is 3.47. The van der Waals surface area contributed by atoms with Gasteiger partial charge in [0, 0.05) is 18.0 Å². The van der Waals surface area contributed by atoms with Gasteiger partial charge in [-0.1, -0.05) is 30.3 Å². The Balaban J connectivity index is 1.61. The van der Waals surface area contributed by atoms with Gasteiger partial charge in [0.25, 0.3) is 5.91 Å². The maximum atomic E-state index is 13.0. The number of nitrogens with one attached hydrogen (secondary N) is 1. The monoisotopic (exact) mass is 361 g/mol. The standard InChI is InChI=1S/C21H19N3O3/c1-27-21(26)16-9-7-15(8-10-16)20(25)24-11-17(14-5-3-2-4-6-14)19-18(12-24)22-13-23-19/h2-10,13,17H,11-12H2,1H3,(H,22,23). The molecule has 0 bridgehead atoms. The van der Waals surface area contributed by atoms with E-state index in [1.807, 2.05) is 23.1 Å². The summed E-state index contributed by atoms with van der Waals surface area (Å²) >= 11 is 0. The second kappa shape index (κ2) is 7.07. The van der Waals surface area contributed by atoms with Gasteiger partial charge in [-0.05, 0) is 29.8 Å². The lowest BCUT2D eigenvalue weighted by Gasteiger charge is -2.32. The minimum atomic E-state index is -0.418. The quantitative estimate of drug-likeness (QED) is 0.728. The largest absolute Gasteiger partial charge is 0.465 e. The summed E-state index contributed by atoms with van der Waals surface area (Å²) in [4.78, 5) is 34.1. The summed E-state index contributed by atoms with van der Waals surface area (Å²) in [5.74, 6) is -0.467. The highest BCUT2D eigenvalue weighted by Gasteiger charge is 2.31. The first-order chi connectivity index (χ1) is 13.2. The molecule has 1 atom stereocenters. The molecule has 1 aliphatic heterocycles. The van der Waals surface area contributed by atoms with Crippen molar-refractivity contribution >= 4 is 11.9 Å². The van der Waals surface area contributed by atoms with Crippen LogP contribution in [0.2, 0.25) is 0 Å².